The molecular weight excluding hydrogens is 188 g/mol. The third-order valence-corrected chi connectivity index (χ3v) is 2.18. The maximum absolute atomic E-state index is 11.4. The first-order chi connectivity index (χ1) is 6.49. The first kappa shape index (κ1) is 10.8. The normalized spacial score (nSPS) is 19.6. The van der Waals surface area contributed by atoms with Crippen molar-refractivity contribution in [1.82, 2.24) is 0 Å². The van der Waals surface area contributed by atoms with Crippen LogP contribution in [0.5, 0.6) is 0 Å². The molecule has 0 saturated heterocycles. The summed E-state index contributed by atoms with van der Waals surface area (Å²) in [6.07, 6.45) is 0.890. The van der Waals surface area contributed by atoms with Crippen molar-refractivity contribution in [3.05, 3.63) is 0 Å². The van der Waals surface area contributed by atoms with Gasteiger partial charge in [-0.25, -0.2) is 0 Å². The van der Waals surface area contributed by atoms with Crippen molar-refractivity contribution < 1.29 is 19.1 Å². The second-order valence-corrected chi connectivity index (χ2v) is 3.42. The highest BCUT2D eigenvalue weighted by Crippen LogP contribution is 2.34. The largest absolute Gasteiger partial charge is 0.395 e. The summed E-state index contributed by atoms with van der Waals surface area (Å²) >= 11 is 0. The Bertz CT molecular complexity index is 273. The van der Waals surface area contributed by atoms with Crippen LogP contribution in [0, 0.1) is 0 Å². The van der Waals surface area contributed by atoms with Crippen molar-refractivity contribution in [3.63, 3.8) is 0 Å². The lowest BCUT2D eigenvalue weighted by Crippen LogP contribution is -2.46. The lowest BCUT2D eigenvalue weighted by Gasteiger charge is -2.13. The van der Waals surface area contributed by atoms with Crippen LogP contribution in [0.15, 0.2) is 0 Å². The van der Waals surface area contributed by atoms with Gasteiger partial charge in [-0.2, -0.15) is 0 Å². The fourth-order valence-corrected chi connectivity index (χ4v) is 1.12. The average Bonchev–Trinajstić information content (AvgIpc) is 2.84. The van der Waals surface area contributed by atoms with Crippen LogP contribution in [0.25, 0.3) is 0 Å². The van der Waals surface area contributed by atoms with E-state index < -0.39 is 17.6 Å². The molecule has 1 atom stereocenters. The minimum absolute atomic E-state index is 0.00880. The smallest absolute Gasteiger partial charge is 0.315 e. The van der Waals surface area contributed by atoms with E-state index in [1.807, 2.05) is 0 Å². The molecule has 78 valence electrons. The van der Waals surface area contributed by atoms with E-state index in [1.54, 1.807) is 0 Å². The number of ketones is 1. The summed E-state index contributed by atoms with van der Waals surface area (Å²) in [4.78, 5) is 32.0. The van der Waals surface area contributed by atoms with Crippen LogP contribution < -0.4 is 11.5 Å². The molecule has 0 spiro atoms. The molecule has 0 heterocycles. The minimum Gasteiger partial charge on any atom is -0.395 e. The predicted molar refractivity (Wildman–Crippen MR) is 45.9 cm³/mol. The van der Waals surface area contributed by atoms with Crippen LogP contribution >= 0.6 is 0 Å². The van der Waals surface area contributed by atoms with Gasteiger partial charge >= 0.3 is 12.4 Å². The van der Waals surface area contributed by atoms with Crippen molar-refractivity contribution in [2.75, 3.05) is 0 Å². The molecule has 6 heteroatoms. The van der Waals surface area contributed by atoms with E-state index in [4.69, 9.17) is 11.5 Å². The lowest BCUT2D eigenvalue weighted by molar-refractivity contribution is -0.152. The van der Waals surface area contributed by atoms with Gasteiger partial charge in [0.2, 0.25) is 0 Å². The zero-order valence-electron chi connectivity index (χ0n) is 7.56. The van der Waals surface area contributed by atoms with Crippen molar-refractivity contribution in [1.29, 1.82) is 0 Å². The Labute approximate surface area is 80.6 Å². The van der Waals surface area contributed by atoms with Crippen LogP contribution in [-0.2, 0) is 19.1 Å². The zero-order chi connectivity index (χ0) is 10.8. The quantitative estimate of drug-likeness (QED) is 0.316. The molecule has 0 unspecified atom stereocenters. The zero-order valence-corrected chi connectivity index (χ0v) is 7.56. The number of esters is 1. The third kappa shape index (κ3) is 2.36. The molecule has 0 aliphatic heterocycles. The number of ether oxygens (including phenoxy) is 1. The summed E-state index contributed by atoms with van der Waals surface area (Å²) in [5.74, 6) is -1.16. The Kier molecular flexibility index (Phi) is 2.97. The first-order valence-corrected chi connectivity index (χ1v) is 4.21. The number of hydrogen-bond donors (Lipinski definition) is 2. The molecular formula is C8H12N2O4. The van der Waals surface area contributed by atoms with Gasteiger partial charge in [-0.3, -0.25) is 14.4 Å². The van der Waals surface area contributed by atoms with Crippen molar-refractivity contribution >= 4 is 18.2 Å². The van der Waals surface area contributed by atoms with E-state index in [-0.39, 0.29) is 18.7 Å². The summed E-state index contributed by atoms with van der Waals surface area (Å²) < 4.78 is 4.00. The number of hydrogen-bond acceptors (Lipinski definition) is 6. The average molecular weight is 200 g/mol. The molecule has 0 aromatic carbocycles. The summed E-state index contributed by atoms with van der Waals surface area (Å²) in [5, 5.41) is 0. The SMILES string of the molecule is N[C@@H](CC(=O)OC=O)C(=O)C1(N)CC1. The molecule has 6 nitrogen and oxygen atoms in total. The van der Waals surface area contributed by atoms with Crippen LogP contribution in [0.4, 0.5) is 0 Å². The molecule has 14 heavy (non-hydrogen) atoms. The van der Waals surface area contributed by atoms with E-state index in [0.29, 0.717) is 12.8 Å². The molecule has 1 fully saturated rings. The minimum atomic E-state index is -0.977. The van der Waals surface area contributed by atoms with E-state index in [1.165, 1.54) is 0 Å². The highest BCUT2D eigenvalue weighted by Gasteiger charge is 2.47. The van der Waals surface area contributed by atoms with Gasteiger partial charge in [0.25, 0.3) is 0 Å². The second kappa shape index (κ2) is 3.85. The molecule has 1 aliphatic rings. The van der Waals surface area contributed by atoms with E-state index in [0.717, 1.165) is 0 Å². The van der Waals surface area contributed by atoms with Crippen LogP contribution in [-0.4, -0.2) is 29.8 Å². The van der Waals surface area contributed by atoms with Gasteiger partial charge in [-0.05, 0) is 12.8 Å². The van der Waals surface area contributed by atoms with E-state index in [9.17, 15) is 14.4 Å². The lowest BCUT2D eigenvalue weighted by atomic mass is 10.0. The summed E-state index contributed by atoms with van der Waals surface area (Å²) in [7, 11) is 0. The van der Waals surface area contributed by atoms with Gasteiger partial charge in [0.1, 0.15) is 0 Å². The summed E-state index contributed by atoms with van der Waals surface area (Å²) in [6, 6.07) is -0.977. The molecule has 1 rings (SSSR count). The van der Waals surface area contributed by atoms with E-state index >= 15 is 0 Å². The van der Waals surface area contributed by atoms with Gasteiger partial charge in [-0.15, -0.1) is 0 Å². The molecule has 0 amide bonds. The number of rotatable bonds is 5. The monoisotopic (exact) mass is 200 g/mol. The molecule has 1 aliphatic carbocycles. The number of nitrogens with two attached hydrogens (primary N) is 2. The van der Waals surface area contributed by atoms with Gasteiger partial charge in [-0.1, -0.05) is 0 Å². The van der Waals surface area contributed by atoms with Crippen molar-refractivity contribution in [2.45, 2.75) is 30.8 Å². The van der Waals surface area contributed by atoms with Crippen molar-refractivity contribution in [3.8, 4) is 0 Å². The third-order valence-electron chi connectivity index (χ3n) is 2.18. The maximum atomic E-state index is 11.4. The molecule has 0 bridgehead atoms. The Balaban J connectivity index is 2.41. The molecule has 1 saturated carbocycles. The molecule has 0 aromatic heterocycles. The standard InChI is InChI=1S/C8H12N2O4/c9-5(3-6(12)14-4-11)7(13)8(10)1-2-8/h4-5H,1-3,9-10H2/t5-/m0/s1. The summed E-state index contributed by atoms with van der Waals surface area (Å²) in [5.41, 5.74) is 10.2. The Morgan fingerprint density at radius 3 is 2.50 bits per heavy atom. The predicted octanol–water partition coefficient (Wildman–Crippen LogP) is -1.54. The van der Waals surface area contributed by atoms with Gasteiger partial charge < -0.3 is 16.2 Å². The second-order valence-electron chi connectivity index (χ2n) is 3.42. The summed E-state index contributed by atoms with van der Waals surface area (Å²) in [6.45, 7) is 0.00880. The van der Waals surface area contributed by atoms with Gasteiger partial charge in [0, 0.05) is 0 Å². The fraction of sp³-hybridized carbons (Fsp3) is 0.625. The highest BCUT2D eigenvalue weighted by atomic mass is 16.6. The number of Topliss-reactive ketones (excluding diaryl/α,β-unsaturated/α-hetero) is 1. The Morgan fingerprint density at radius 1 is 1.50 bits per heavy atom. The molecule has 0 aromatic rings. The Morgan fingerprint density at radius 2 is 2.07 bits per heavy atom. The van der Waals surface area contributed by atoms with Crippen molar-refractivity contribution in [2.24, 2.45) is 11.5 Å². The first-order valence-electron chi connectivity index (χ1n) is 4.21. The fourth-order valence-electron chi connectivity index (χ4n) is 1.12. The highest BCUT2D eigenvalue weighted by molar-refractivity contribution is 5.97. The van der Waals surface area contributed by atoms with Gasteiger partial charge in [0.15, 0.2) is 5.78 Å². The topological polar surface area (TPSA) is 112 Å². The van der Waals surface area contributed by atoms with Crippen LogP contribution in [0.3, 0.4) is 0 Å². The van der Waals surface area contributed by atoms with Crippen LogP contribution in [0.1, 0.15) is 19.3 Å². The molecule has 0 radical (unpaired) electrons. The number of carbonyl (C=O) groups excluding carboxylic acids is 3. The van der Waals surface area contributed by atoms with Gasteiger partial charge in [0.05, 0.1) is 18.0 Å². The van der Waals surface area contributed by atoms with E-state index in [2.05, 4.69) is 4.74 Å². The van der Waals surface area contributed by atoms with Crippen LogP contribution in [0.2, 0.25) is 0 Å². The maximum Gasteiger partial charge on any atom is 0.315 e. The molecule has 4 N–H and O–H groups in total. The number of carbonyl (C=O) groups is 3. The Hall–Kier alpha value is -1.27.